The van der Waals surface area contributed by atoms with E-state index in [9.17, 15) is 4.79 Å². The fourth-order valence-electron chi connectivity index (χ4n) is 1.76. The van der Waals surface area contributed by atoms with Crippen LogP contribution in [-0.4, -0.2) is 27.7 Å². The van der Waals surface area contributed by atoms with Gasteiger partial charge in [0.2, 0.25) is 0 Å². The number of imidazole rings is 1. The largest absolute Gasteiger partial charge is 0.465 e. The average Bonchev–Trinajstić information content (AvgIpc) is 2.79. The summed E-state index contributed by atoms with van der Waals surface area (Å²) >= 11 is 0. The molecular weight excluding hydrogens is 218 g/mol. The second kappa shape index (κ2) is 8.61. The van der Waals surface area contributed by atoms with E-state index in [1.54, 1.807) is 6.33 Å². The first-order valence-corrected chi connectivity index (χ1v) is 6.23. The first kappa shape index (κ1) is 13.5. The van der Waals surface area contributed by atoms with E-state index in [2.05, 4.69) is 15.3 Å². The van der Waals surface area contributed by atoms with Crippen LogP contribution >= 0.6 is 0 Å². The van der Waals surface area contributed by atoms with Crippen molar-refractivity contribution >= 4 is 6.09 Å². The Bertz CT molecular complexity index is 299. The molecule has 0 aliphatic carbocycles. The van der Waals surface area contributed by atoms with Gasteiger partial charge in [0, 0.05) is 18.4 Å². The lowest BCUT2D eigenvalue weighted by Gasteiger charge is -2.02. The molecule has 0 spiro atoms. The maximum Gasteiger partial charge on any atom is 0.404 e. The number of aryl methyl sites for hydroxylation is 1. The van der Waals surface area contributed by atoms with E-state index < -0.39 is 6.09 Å². The van der Waals surface area contributed by atoms with Crippen molar-refractivity contribution in [3.63, 3.8) is 0 Å². The molecule has 1 aromatic rings. The Hall–Kier alpha value is -1.52. The van der Waals surface area contributed by atoms with E-state index in [0.29, 0.717) is 6.54 Å². The normalized spacial score (nSPS) is 10.4. The Morgan fingerprint density at radius 2 is 1.94 bits per heavy atom. The molecule has 0 saturated carbocycles. The molecule has 0 saturated heterocycles. The smallest absolute Gasteiger partial charge is 0.404 e. The van der Waals surface area contributed by atoms with Gasteiger partial charge in [-0.05, 0) is 19.3 Å². The van der Waals surface area contributed by atoms with Crippen molar-refractivity contribution in [1.29, 1.82) is 0 Å². The molecule has 17 heavy (non-hydrogen) atoms. The van der Waals surface area contributed by atoms with Crippen molar-refractivity contribution in [2.75, 3.05) is 6.54 Å². The number of rotatable bonds is 9. The molecule has 0 atom stereocenters. The van der Waals surface area contributed by atoms with Gasteiger partial charge in [0.15, 0.2) is 0 Å². The molecule has 0 aliphatic rings. The highest BCUT2D eigenvalue weighted by atomic mass is 16.4. The molecule has 0 radical (unpaired) electrons. The predicted molar refractivity (Wildman–Crippen MR) is 66.0 cm³/mol. The van der Waals surface area contributed by atoms with Crippen LogP contribution in [0.1, 0.15) is 44.2 Å². The fraction of sp³-hybridized carbons (Fsp3) is 0.667. The van der Waals surface area contributed by atoms with Crippen molar-refractivity contribution in [3.8, 4) is 0 Å². The molecule has 0 aromatic carbocycles. The van der Waals surface area contributed by atoms with Gasteiger partial charge in [-0.25, -0.2) is 9.78 Å². The standard InChI is InChI=1S/C12H21N3O2/c16-12(17)14-8-6-4-2-1-3-5-7-11-9-13-10-15-11/h9-10,14H,1-8H2,(H,13,15)(H,16,17). The maximum atomic E-state index is 10.2. The molecule has 1 amide bonds. The molecule has 5 nitrogen and oxygen atoms in total. The molecule has 96 valence electrons. The van der Waals surface area contributed by atoms with Crippen molar-refractivity contribution in [3.05, 3.63) is 18.2 Å². The summed E-state index contributed by atoms with van der Waals surface area (Å²) in [7, 11) is 0. The Morgan fingerprint density at radius 3 is 2.59 bits per heavy atom. The van der Waals surface area contributed by atoms with Gasteiger partial charge in [0.05, 0.1) is 6.33 Å². The quantitative estimate of drug-likeness (QED) is 0.579. The van der Waals surface area contributed by atoms with Crippen molar-refractivity contribution in [1.82, 2.24) is 15.3 Å². The summed E-state index contributed by atoms with van der Waals surface area (Å²) in [6.07, 6.45) is 10.6. The zero-order valence-corrected chi connectivity index (χ0v) is 10.1. The summed E-state index contributed by atoms with van der Waals surface area (Å²) in [6, 6.07) is 0. The van der Waals surface area contributed by atoms with Crippen molar-refractivity contribution < 1.29 is 9.90 Å². The lowest BCUT2D eigenvalue weighted by atomic mass is 10.1. The van der Waals surface area contributed by atoms with Crippen LogP contribution in [0.15, 0.2) is 12.5 Å². The summed E-state index contributed by atoms with van der Waals surface area (Å²) in [5.74, 6) is 0. The lowest BCUT2D eigenvalue weighted by molar-refractivity contribution is 0.194. The van der Waals surface area contributed by atoms with Gasteiger partial charge in [0.25, 0.3) is 0 Å². The number of carbonyl (C=O) groups is 1. The molecular formula is C12H21N3O2. The highest BCUT2D eigenvalue weighted by Crippen LogP contribution is 2.07. The summed E-state index contributed by atoms with van der Waals surface area (Å²) in [4.78, 5) is 17.2. The number of amides is 1. The topological polar surface area (TPSA) is 78.0 Å². The van der Waals surface area contributed by atoms with Gasteiger partial charge >= 0.3 is 6.09 Å². The minimum Gasteiger partial charge on any atom is -0.465 e. The van der Waals surface area contributed by atoms with Gasteiger partial charge in [-0.1, -0.05) is 25.7 Å². The van der Waals surface area contributed by atoms with Gasteiger partial charge in [-0.2, -0.15) is 0 Å². The van der Waals surface area contributed by atoms with Crippen LogP contribution in [0.4, 0.5) is 4.79 Å². The van der Waals surface area contributed by atoms with E-state index >= 15 is 0 Å². The third kappa shape index (κ3) is 7.38. The number of unbranched alkanes of at least 4 members (excludes halogenated alkanes) is 5. The number of aromatic nitrogens is 2. The zero-order valence-electron chi connectivity index (χ0n) is 10.1. The molecule has 0 fully saturated rings. The van der Waals surface area contributed by atoms with Crippen LogP contribution in [0, 0.1) is 0 Å². The zero-order chi connectivity index (χ0) is 12.3. The first-order chi connectivity index (χ1) is 8.29. The Balaban J connectivity index is 1.80. The lowest BCUT2D eigenvalue weighted by Crippen LogP contribution is -2.21. The average molecular weight is 239 g/mol. The highest BCUT2D eigenvalue weighted by Gasteiger charge is 1.96. The SMILES string of the molecule is O=C(O)NCCCCCCCCc1cnc[nH]1. The monoisotopic (exact) mass is 239 g/mol. The van der Waals surface area contributed by atoms with Crippen molar-refractivity contribution in [2.24, 2.45) is 0 Å². The summed E-state index contributed by atoms with van der Waals surface area (Å²) in [5, 5.41) is 10.7. The first-order valence-electron chi connectivity index (χ1n) is 6.23. The number of H-pyrrole nitrogens is 1. The van der Waals surface area contributed by atoms with Gasteiger partial charge in [-0.3, -0.25) is 0 Å². The van der Waals surface area contributed by atoms with Crippen LogP contribution in [0.5, 0.6) is 0 Å². The number of carboxylic acid groups (broad SMARTS) is 1. The van der Waals surface area contributed by atoms with Crippen LogP contribution in [0.2, 0.25) is 0 Å². The molecule has 0 aliphatic heterocycles. The summed E-state index contributed by atoms with van der Waals surface area (Å²) in [6.45, 7) is 0.573. The molecule has 3 N–H and O–H groups in total. The fourth-order valence-corrected chi connectivity index (χ4v) is 1.76. The Labute approximate surface area is 102 Å². The Kier molecular flexibility index (Phi) is 6.86. The van der Waals surface area contributed by atoms with Crippen molar-refractivity contribution in [2.45, 2.75) is 44.9 Å². The molecule has 1 aromatic heterocycles. The molecule has 1 rings (SSSR count). The highest BCUT2D eigenvalue weighted by molar-refractivity contribution is 5.64. The van der Waals surface area contributed by atoms with Crippen LogP contribution in [-0.2, 0) is 6.42 Å². The second-order valence-corrected chi connectivity index (χ2v) is 4.18. The number of hydrogen-bond acceptors (Lipinski definition) is 2. The van der Waals surface area contributed by atoms with Crippen LogP contribution < -0.4 is 5.32 Å². The van der Waals surface area contributed by atoms with Gasteiger partial charge < -0.3 is 15.4 Å². The number of nitrogens with zero attached hydrogens (tertiary/aromatic N) is 1. The number of aromatic amines is 1. The third-order valence-corrected chi connectivity index (χ3v) is 2.70. The maximum absolute atomic E-state index is 10.2. The van der Waals surface area contributed by atoms with E-state index in [0.717, 1.165) is 19.3 Å². The van der Waals surface area contributed by atoms with E-state index in [4.69, 9.17) is 5.11 Å². The van der Waals surface area contributed by atoms with Crippen LogP contribution in [0.25, 0.3) is 0 Å². The number of hydrogen-bond donors (Lipinski definition) is 3. The second-order valence-electron chi connectivity index (χ2n) is 4.18. The number of nitrogens with one attached hydrogen (secondary N) is 2. The van der Waals surface area contributed by atoms with Crippen LogP contribution in [0.3, 0.4) is 0 Å². The molecule has 1 heterocycles. The molecule has 5 heteroatoms. The van der Waals surface area contributed by atoms with Gasteiger partial charge in [-0.15, -0.1) is 0 Å². The Morgan fingerprint density at radius 1 is 1.24 bits per heavy atom. The van der Waals surface area contributed by atoms with E-state index in [-0.39, 0.29) is 0 Å². The minimum atomic E-state index is -0.926. The third-order valence-electron chi connectivity index (χ3n) is 2.70. The molecule has 0 bridgehead atoms. The predicted octanol–water partition coefficient (Wildman–Crippen LogP) is 2.56. The van der Waals surface area contributed by atoms with Gasteiger partial charge in [0.1, 0.15) is 0 Å². The summed E-state index contributed by atoms with van der Waals surface area (Å²) in [5.41, 5.74) is 1.20. The van der Waals surface area contributed by atoms with E-state index in [1.807, 2.05) is 6.20 Å². The van der Waals surface area contributed by atoms with E-state index in [1.165, 1.54) is 31.4 Å². The minimum absolute atomic E-state index is 0.573. The molecule has 0 unspecified atom stereocenters. The summed E-state index contributed by atoms with van der Waals surface area (Å²) < 4.78 is 0.